The van der Waals surface area contributed by atoms with Crippen LogP contribution in [0, 0.1) is 12.8 Å². The van der Waals surface area contributed by atoms with E-state index in [-0.39, 0.29) is 33.2 Å². The van der Waals surface area contributed by atoms with E-state index in [0.29, 0.717) is 16.4 Å². The predicted octanol–water partition coefficient (Wildman–Crippen LogP) is 5.71. The highest BCUT2D eigenvalue weighted by atomic mass is 35.5. The number of rotatable bonds is 7. The van der Waals surface area contributed by atoms with Crippen molar-refractivity contribution < 1.29 is 17.9 Å². The van der Waals surface area contributed by atoms with Gasteiger partial charge in [-0.2, -0.15) is 0 Å². The maximum Gasteiger partial charge on any atom is 0.265 e. The molecule has 2 aromatic carbocycles. The summed E-state index contributed by atoms with van der Waals surface area (Å²) in [6.45, 7) is 1.83. The van der Waals surface area contributed by atoms with Gasteiger partial charge in [0.2, 0.25) is 5.91 Å². The number of methoxy groups -OCH3 is 1. The van der Waals surface area contributed by atoms with E-state index in [4.69, 9.17) is 16.3 Å². The van der Waals surface area contributed by atoms with Crippen LogP contribution in [0.5, 0.6) is 5.75 Å². The molecule has 1 amide bonds. The van der Waals surface area contributed by atoms with Crippen molar-refractivity contribution in [1.29, 1.82) is 0 Å². The van der Waals surface area contributed by atoms with Crippen molar-refractivity contribution in [2.45, 2.75) is 37.5 Å². The molecule has 0 radical (unpaired) electrons. The molecule has 0 atom stereocenters. The summed E-state index contributed by atoms with van der Waals surface area (Å²) < 4.78 is 34.2. The zero-order chi connectivity index (χ0) is 23.6. The number of benzene rings is 2. The van der Waals surface area contributed by atoms with E-state index in [2.05, 4.69) is 15.0 Å². The topological polar surface area (TPSA) is 97.4 Å². The number of hydrogen-bond donors (Lipinski definition) is 2. The minimum atomic E-state index is -3.99. The minimum Gasteiger partial charge on any atom is -0.495 e. The number of anilines is 2. The van der Waals surface area contributed by atoms with Crippen LogP contribution in [0.4, 0.5) is 10.8 Å². The van der Waals surface area contributed by atoms with Gasteiger partial charge in [0, 0.05) is 5.92 Å². The fourth-order valence-corrected chi connectivity index (χ4v) is 6.37. The number of amides is 1. The number of nitrogens with one attached hydrogen (secondary N) is 2. The number of hydrogen-bond acceptors (Lipinski definition) is 6. The first kappa shape index (κ1) is 23.5. The second kappa shape index (κ2) is 9.70. The zero-order valence-corrected chi connectivity index (χ0v) is 20.6. The Hall–Kier alpha value is -2.62. The fourth-order valence-electron chi connectivity index (χ4n) is 3.88. The van der Waals surface area contributed by atoms with Crippen LogP contribution in [-0.2, 0) is 14.8 Å². The lowest BCUT2D eigenvalue weighted by atomic mass is 10.1. The van der Waals surface area contributed by atoms with Gasteiger partial charge in [0.15, 0.2) is 5.13 Å². The maximum absolute atomic E-state index is 13.2. The van der Waals surface area contributed by atoms with Crippen LogP contribution in [0.25, 0.3) is 10.4 Å². The van der Waals surface area contributed by atoms with Gasteiger partial charge in [-0.25, -0.2) is 13.4 Å². The summed E-state index contributed by atoms with van der Waals surface area (Å²) >= 11 is 7.45. The summed E-state index contributed by atoms with van der Waals surface area (Å²) in [6, 6.07) is 11.5. The molecular formula is C23H24ClN3O4S2. The maximum atomic E-state index is 13.2. The summed E-state index contributed by atoms with van der Waals surface area (Å²) in [5.41, 5.74) is 1.64. The SMILES string of the molecule is COc1ccc(-c2sc(NC(=O)C3CCCC3)nc2C)cc1S(=O)(=O)Nc1ccccc1Cl. The Bertz CT molecular complexity index is 1280. The number of carbonyl (C=O) groups is 1. The molecule has 10 heteroatoms. The number of halogens is 1. The zero-order valence-electron chi connectivity index (χ0n) is 18.2. The quantitative estimate of drug-likeness (QED) is 0.428. The number of thiazole rings is 1. The lowest BCUT2D eigenvalue weighted by molar-refractivity contribution is -0.119. The Kier molecular flexibility index (Phi) is 6.92. The third-order valence-corrected chi connectivity index (χ3v) is 8.42. The van der Waals surface area contributed by atoms with Crippen LogP contribution in [0.1, 0.15) is 31.4 Å². The van der Waals surface area contributed by atoms with Gasteiger partial charge < -0.3 is 10.1 Å². The van der Waals surface area contributed by atoms with Gasteiger partial charge in [-0.05, 0) is 55.7 Å². The van der Waals surface area contributed by atoms with Crippen LogP contribution >= 0.6 is 22.9 Å². The van der Waals surface area contributed by atoms with Crippen molar-refractivity contribution in [3.63, 3.8) is 0 Å². The largest absolute Gasteiger partial charge is 0.495 e. The van der Waals surface area contributed by atoms with Crippen LogP contribution in [0.15, 0.2) is 47.4 Å². The highest BCUT2D eigenvalue weighted by Gasteiger charge is 2.25. The Balaban J connectivity index is 1.65. The highest BCUT2D eigenvalue weighted by Crippen LogP contribution is 2.38. The molecule has 0 saturated heterocycles. The van der Waals surface area contributed by atoms with Gasteiger partial charge >= 0.3 is 0 Å². The molecule has 0 unspecified atom stereocenters. The van der Waals surface area contributed by atoms with Gasteiger partial charge in [-0.1, -0.05) is 47.9 Å². The molecule has 0 bridgehead atoms. The van der Waals surface area contributed by atoms with Crippen LogP contribution in [0.2, 0.25) is 5.02 Å². The fraction of sp³-hybridized carbons (Fsp3) is 0.304. The Morgan fingerprint density at radius 2 is 1.91 bits per heavy atom. The van der Waals surface area contributed by atoms with E-state index in [1.165, 1.54) is 18.4 Å². The molecule has 1 fully saturated rings. The average Bonchev–Trinajstić information content (AvgIpc) is 3.45. The van der Waals surface area contributed by atoms with Crippen LogP contribution in [0.3, 0.4) is 0 Å². The van der Waals surface area contributed by atoms with Crippen molar-refractivity contribution in [2.24, 2.45) is 5.92 Å². The van der Waals surface area contributed by atoms with Gasteiger partial charge in [0.1, 0.15) is 10.6 Å². The van der Waals surface area contributed by atoms with E-state index >= 15 is 0 Å². The number of aryl methyl sites for hydroxylation is 1. The molecule has 33 heavy (non-hydrogen) atoms. The molecule has 0 spiro atoms. The lowest BCUT2D eigenvalue weighted by Crippen LogP contribution is -2.20. The van der Waals surface area contributed by atoms with E-state index in [0.717, 1.165) is 30.6 Å². The average molecular weight is 506 g/mol. The number of sulfonamides is 1. The van der Waals surface area contributed by atoms with E-state index < -0.39 is 10.0 Å². The summed E-state index contributed by atoms with van der Waals surface area (Å²) in [5, 5.41) is 3.72. The molecule has 0 aliphatic heterocycles. The number of para-hydroxylation sites is 1. The summed E-state index contributed by atoms with van der Waals surface area (Å²) in [5.74, 6) is 0.233. The Morgan fingerprint density at radius 3 is 2.61 bits per heavy atom. The molecule has 1 aromatic heterocycles. The molecule has 1 aliphatic rings. The van der Waals surface area contributed by atoms with Crippen molar-refractivity contribution >= 4 is 49.7 Å². The third-order valence-electron chi connectivity index (χ3n) is 5.59. The van der Waals surface area contributed by atoms with Gasteiger partial charge in [0.05, 0.1) is 28.4 Å². The molecule has 7 nitrogen and oxygen atoms in total. The molecule has 4 rings (SSSR count). The standard InChI is InChI=1S/C23H24ClN3O4S2/c1-14-21(32-23(25-14)26-22(28)15-7-3-4-8-15)16-11-12-19(31-2)20(13-16)33(29,30)27-18-10-6-5-9-17(18)24/h5-6,9-13,15,27H,3-4,7-8H2,1-2H3,(H,25,26,28). The van der Waals surface area contributed by atoms with Gasteiger partial charge in [0.25, 0.3) is 10.0 Å². The molecule has 2 N–H and O–H groups in total. The first-order valence-electron chi connectivity index (χ1n) is 10.5. The van der Waals surface area contributed by atoms with Gasteiger partial charge in [-0.3, -0.25) is 9.52 Å². The second-order valence-electron chi connectivity index (χ2n) is 7.86. The molecular weight excluding hydrogens is 482 g/mol. The van der Waals surface area contributed by atoms with E-state index in [1.54, 1.807) is 42.5 Å². The number of nitrogens with zero attached hydrogens (tertiary/aromatic N) is 1. The van der Waals surface area contributed by atoms with E-state index in [9.17, 15) is 13.2 Å². The Morgan fingerprint density at radius 1 is 1.18 bits per heavy atom. The molecule has 3 aromatic rings. The van der Waals surface area contributed by atoms with Crippen LogP contribution < -0.4 is 14.8 Å². The van der Waals surface area contributed by atoms with Crippen molar-refractivity contribution in [2.75, 3.05) is 17.1 Å². The summed E-state index contributed by atoms with van der Waals surface area (Å²) in [6.07, 6.45) is 3.96. The molecule has 1 aliphatic carbocycles. The first-order valence-corrected chi connectivity index (χ1v) is 13.2. The summed E-state index contributed by atoms with van der Waals surface area (Å²) in [7, 11) is -2.58. The lowest BCUT2D eigenvalue weighted by Gasteiger charge is -2.13. The second-order valence-corrected chi connectivity index (χ2v) is 10.9. The normalized spacial score (nSPS) is 14.3. The molecule has 1 saturated carbocycles. The molecule has 1 heterocycles. The van der Waals surface area contributed by atoms with Crippen LogP contribution in [-0.4, -0.2) is 26.4 Å². The van der Waals surface area contributed by atoms with E-state index in [1.807, 2.05) is 6.92 Å². The third kappa shape index (κ3) is 5.15. The van der Waals surface area contributed by atoms with Gasteiger partial charge in [-0.15, -0.1) is 0 Å². The summed E-state index contributed by atoms with van der Waals surface area (Å²) in [4.78, 5) is 17.7. The van der Waals surface area contributed by atoms with Crippen molar-refractivity contribution in [3.8, 4) is 16.2 Å². The van der Waals surface area contributed by atoms with Crippen molar-refractivity contribution in [3.05, 3.63) is 53.2 Å². The molecule has 174 valence electrons. The number of carbonyl (C=O) groups excluding carboxylic acids is 1. The number of ether oxygens (including phenoxy) is 1. The highest BCUT2D eigenvalue weighted by molar-refractivity contribution is 7.92. The number of aromatic nitrogens is 1. The minimum absolute atomic E-state index is 0.00487. The first-order chi connectivity index (χ1) is 15.8. The van der Waals surface area contributed by atoms with Crippen molar-refractivity contribution in [1.82, 2.24) is 4.98 Å². The monoisotopic (exact) mass is 505 g/mol. The predicted molar refractivity (Wildman–Crippen MR) is 132 cm³/mol. The Labute approximate surface area is 202 Å². The smallest absolute Gasteiger partial charge is 0.265 e.